The molecule has 20 heavy (non-hydrogen) atoms. The Morgan fingerprint density at radius 1 is 1.55 bits per heavy atom. The largest absolute Gasteiger partial charge is 0.485 e. The molecule has 0 aromatic carbocycles. The van der Waals surface area contributed by atoms with Crippen LogP contribution in [0.4, 0.5) is 8.78 Å². The highest BCUT2D eigenvalue weighted by Gasteiger charge is 2.17. The van der Waals surface area contributed by atoms with Gasteiger partial charge in [0.25, 0.3) is 12.3 Å². The Kier molecular flexibility index (Phi) is 6.86. The summed E-state index contributed by atoms with van der Waals surface area (Å²) in [6, 6.07) is 2.77. The van der Waals surface area contributed by atoms with E-state index < -0.39 is 18.9 Å². The molecule has 0 fully saturated rings. The molecule has 1 amide bonds. The van der Waals surface area contributed by atoms with E-state index in [9.17, 15) is 13.6 Å². The Bertz CT molecular complexity index is 430. The maximum atomic E-state index is 12.1. The molecule has 0 saturated carbocycles. The number of rotatable bonds is 8. The van der Waals surface area contributed by atoms with Gasteiger partial charge in [-0.25, -0.2) is 13.8 Å². The maximum absolute atomic E-state index is 12.1. The standard InChI is InChI=1S/C13H18F2N2O3/c1-9(4-3-7-18)17-13(19)12-10(5-2-6-16-12)20-8-11(14)15/h2,5-6,9,11,18H,3-4,7-8H2,1H3,(H,17,19). The van der Waals surface area contributed by atoms with Crippen LogP contribution < -0.4 is 10.1 Å². The van der Waals surface area contributed by atoms with Crippen molar-refractivity contribution in [3.63, 3.8) is 0 Å². The topological polar surface area (TPSA) is 71.5 Å². The normalized spacial score (nSPS) is 12.2. The van der Waals surface area contributed by atoms with Gasteiger partial charge in [-0.3, -0.25) is 4.79 Å². The van der Waals surface area contributed by atoms with Gasteiger partial charge >= 0.3 is 0 Å². The first kappa shape index (κ1) is 16.3. The van der Waals surface area contributed by atoms with Gasteiger partial charge in [0.1, 0.15) is 6.61 Å². The van der Waals surface area contributed by atoms with Gasteiger partial charge in [0, 0.05) is 18.8 Å². The van der Waals surface area contributed by atoms with Crippen molar-refractivity contribution >= 4 is 5.91 Å². The lowest BCUT2D eigenvalue weighted by Gasteiger charge is -2.14. The number of ether oxygens (including phenoxy) is 1. The van der Waals surface area contributed by atoms with E-state index in [1.54, 1.807) is 6.92 Å². The Morgan fingerprint density at radius 2 is 2.30 bits per heavy atom. The molecular formula is C13H18F2N2O3. The number of carbonyl (C=O) groups excluding carboxylic acids is 1. The van der Waals surface area contributed by atoms with E-state index in [2.05, 4.69) is 10.3 Å². The van der Waals surface area contributed by atoms with Crippen LogP contribution in [0.2, 0.25) is 0 Å². The van der Waals surface area contributed by atoms with Gasteiger partial charge in [0.05, 0.1) is 0 Å². The van der Waals surface area contributed by atoms with Crippen molar-refractivity contribution in [2.24, 2.45) is 0 Å². The van der Waals surface area contributed by atoms with Crippen molar-refractivity contribution in [1.82, 2.24) is 10.3 Å². The van der Waals surface area contributed by atoms with E-state index in [0.717, 1.165) is 0 Å². The molecule has 5 nitrogen and oxygen atoms in total. The van der Waals surface area contributed by atoms with Crippen LogP contribution in [0.5, 0.6) is 5.75 Å². The van der Waals surface area contributed by atoms with Gasteiger partial charge in [-0.15, -0.1) is 0 Å². The van der Waals surface area contributed by atoms with E-state index in [1.165, 1.54) is 18.3 Å². The molecule has 7 heteroatoms. The van der Waals surface area contributed by atoms with Crippen LogP contribution in [-0.4, -0.2) is 41.7 Å². The fraction of sp³-hybridized carbons (Fsp3) is 0.538. The number of halogens is 2. The monoisotopic (exact) mass is 288 g/mol. The lowest BCUT2D eigenvalue weighted by atomic mass is 10.2. The van der Waals surface area contributed by atoms with Gasteiger partial charge in [-0.05, 0) is 31.9 Å². The highest BCUT2D eigenvalue weighted by molar-refractivity contribution is 5.95. The lowest BCUT2D eigenvalue weighted by Crippen LogP contribution is -2.33. The summed E-state index contributed by atoms with van der Waals surface area (Å²) in [4.78, 5) is 15.8. The number of aliphatic hydroxyl groups excluding tert-OH is 1. The number of aliphatic hydroxyl groups is 1. The zero-order valence-corrected chi connectivity index (χ0v) is 11.2. The summed E-state index contributed by atoms with van der Waals surface area (Å²) in [5, 5.41) is 11.4. The number of nitrogens with one attached hydrogen (secondary N) is 1. The van der Waals surface area contributed by atoms with E-state index in [-0.39, 0.29) is 24.1 Å². The number of nitrogens with zero attached hydrogens (tertiary/aromatic N) is 1. The summed E-state index contributed by atoms with van der Waals surface area (Å²) < 4.78 is 29.1. The molecule has 1 heterocycles. The van der Waals surface area contributed by atoms with Gasteiger partial charge in [-0.1, -0.05) is 0 Å². The van der Waals surface area contributed by atoms with Gasteiger partial charge in [-0.2, -0.15) is 0 Å². The van der Waals surface area contributed by atoms with E-state index in [4.69, 9.17) is 9.84 Å². The van der Waals surface area contributed by atoms with E-state index in [0.29, 0.717) is 12.8 Å². The molecule has 112 valence electrons. The first-order valence-corrected chi connectivity index (χ1v) is 6.32. The quantitative estimate of drug-likeness (QED) is 0.762. The molecule has 0 aliphatic rings. The van der Waals surface area contributed by atoms with E-state index >= 15 is 0 Å². The molecule has 0 aliphatic heterocycles. The molecule has 2 N–H and O–H groups in total. The summed E-state index contributed by atoms with van der Waals surface area (Å²) in [7, 11) is 0. The SMILES string of the molecule is CC(CCCO)NC(=O)c1ncccc1OCC(F)F. The summed E-state index contributed by atoms with van der Waals surface area (Å²) >= 11 is 0. The smallest absolute Gasteiger partial charge is 0.273 e. The molecule has 0 spiro atoms. The Balaban J connectivity index is 2.67. The number of aromatic nitrogens is 1. The van der Waals surface area contributed by atoms with Crippen LogP contribution in [0.25, 0.3) is 0 Å². The zero-order valence-electron chi connectivity index (χ0n) is 11.2. The highest BCUT2D eigenvalue weighted by Crippen LogP contribution is 2.16. The molecule has 1 rings (SSSR count). The third-order valence-corrected chi connectivity index (χ3v) is 2.52. The first-order chi connectivity index (χ1) is 9.54. The number of carbonyl (C=O) groups is 1. The number of alkyl halides is 2. The number of amides is 1. The van der Waals surface area contributed by atoms with Gasteiger partial charge in [0.2, 0.25) is 0 Å². The second kappa shape index (κ2) is 8.42. The molecule has 1 atom stereocenters. The first-order valence-electron chi connectivity index (χ1n) is 6.32. The highest BCUT2D eigenvalue weighted by atomic mass is 19.3. The van der Waals surface area contributed by atoms with Crippen LogP contribution in [0.3, 0.4) is 0 Å². The van der Waals surface area contributed by atoms with Crippen LogP contribution in [-0.2, 0) is 0 Å². The third kappa shape index (κ3) is 5.48. The second-order valence-electron chi connectivity index (χ2n) is 4.29. The molecular weight excluding hydrogens is 270 g/mol. The average Bonchev–Trinajstić information content (AvgIpc) is 2.43. The predicted molar refractivity (Wildman–Crippen MR) is 69.0 cm³/mol. The second-order valence-corrected chi connectivity index (χ2v) is 4.29. The summed E-state index contributed by atoms with van der Waals surface area (Å²) in [5.41, 5.74) is -0.0241. The molecule has 0 saturated heterocycles. The minimum absolute atomic E-state index is 0.0241. The van der Waals surface area contributed by atoms with Gasteiger partial charge < -0.3 is 15.2 Å². The predicted octanol–water partition coefficient (Wildman–Crippen LogP) is 1.62. The molecule has 1 unspecified atom stereocenters. The fourth-order valence-electron chi connectivity index (χ4n) is 1.59. The average molecular weight is 288 g/mol. The van der Waals surface area contributed by atoms with Crippen LogP contribution in [0.15, 0.2) is 18.3 Å². The molecule has 0 bridgehead atoms. The minimum Gasteiger partial charge on any atom is -0.485 e. The van der Waals surface area contributed by atoms with Crippen LogP contribution >= 0.6 is 0 Å². The summed E-state index contributed by atoms with van der Waals surface area (Å²) in [6.45, 7) is 1.05. The molecule has 0 radical (unpaired) electrons. The van der Waals surface area contributed by atoms with Crippen molar-refractivity contribution in [2.75, 3.05) is 13.2 Å². The fourth-order valence-corrected chi connectivity index (χ4v) is 1.59. The maximum Gasteiger partial charge on any atom is 0.273 e. The number of hydrogen-bond acceptors (Lipinski definition) is 4. The number of pyridine rings is 1. The Hall–Kier alpha value is -1.76. The summed E-state index contributed by atoms with van der Waals surface area (Å²) in [6.07, 6.45) is -0.0435. The van der Waals surface area contributed by atoms with Crippen LogP contribution in [0, 0.1) is 0 Å². The third-order valence-electron chi connectivity index (χ3n) is 2.52. The zero-order chi connectivity index (χ0) is 15.0. The molecule has 0 aliphatic carbocycles. The van der Waals surface area contributed by atoms with Crippen LogP contribution in [0.1, 0.15) is 30.3 Å². The van der Waals surface area contributed by atoms with Crippen molar-refractivity contribution in [1.29, 1.82) is 0 Å². The number of hydrogen-bond donors (Lipinski definition) is 2. The van der Waals surface area contributed by atoms with E-state index in [1.807, 2.05) is 0 Å². The van der Waals surface area contributed by atoms with Crippen molar-refractivity contribution < 1.29 is 23.4 Å². The molecule has 1 aromatic rings. The minimum atomic E-state index is -2.62. The lowest BCUT2D eigenvalue weighted by molar-refractivity contribution is 0.0788. The van der Waals surface area contributed by atoms with Gasteiger partial charge in [0.15, 0.2) is 11.4 Å². The Morgan fingerprint density at radius 3 is 2.95 bits per heavy atom. The summed E-state index contributed by atoms with van der Waals surface area (Å²) in [5.74, 6) is -0.458. The van der Waals surface area contributed by atoms with Crippen molar-refractivity contribution in [3.05, 3.63) is 24.0 Å². The van der Waals surface area contributed by atoms with Crippen molar-refractivity contribution in [3.8, 4) is 5.75 Å². The Labute approximate surface area is 116 Å². The van der Waals surface area contributed by atoms with Crippen molar-refractivity contribution in [2.45, 2.75) is 32.2 Å². The molecule has 1 aromatic heterocycles.